The molecule has 0 rings (SSSR count). The van der Waals surface area contributed by atoms with Gasteiger partial charge < -0.3 is 9.47 Å². The number of thiol groups is 1. The summed E-state index contributed by atoms with van der Waals surface area (Å²) in [5.74, 6) is 1.90. The van der Waals surface area contributed by atoms with E-state index in [-0.39, 0.29) is 11.9 Å². The van der Waals surface area contributed by atoms with Crippen LogP contribution in [-0.2, 0) is 19.1 Å². The molecule has 0 aliphatic heterocycles. The summed E-state index contributed by atoms with van der Waals surface area (Å²) >= 11 is 6.39. The predicted molar refractivity (Wildman–Crippen MR) is 132 cm³/mol. The molecule has 0 radical (unpaired) electrons. The van der Waals surface area contributed by atoms with Gasteiger partial charge in [-0.2, -0.15) is 24.4 Å². The first kappa shape index (κ1) is 29.6. The van der Waals surface area contributed by atoms with Crippen LogP contribution in [0.25, 0.3) is 0 Å². The summed E-state index contributed by atoms with van der Waals surface area (Å²) in [6.45, 7) is 12.5. The van der Waals surface area contributed by atoms with Crippen molar-refractivity contribution in [3.8, 4) is 0 Å². The molecular weight excluding hydrogens is 416 g/mol. The van der Waals surface area contributed by atoms with Gasteiger partial charge in [0.05, 0.1) is 24.0 Å². The maximum atomic E-state index is 12.0. The Kier molecular flexibility index (Phi) is 16.1. The van der Waals surface area contributed by atoms with Crippen LogP contribution < -0.4 is 0 Å². The minimum atomic E-state index is -0.399. The topological polar surface area (TPSA) is 52.6 Å². The Balaban J connectivity index is 4.37. The third kappa shape index (κ3) is 13.1. The lowest BCUT2D eigenvalue weighted by molar-refractivity contribution is -0.154. The molecule has 6 heteroatoms. The number of unbranched alkanes of at least 4 members (excludes halogenated alkanes) is 2. The maximum Gasteiger partial charge on any atom is 0.311 e. The van der Waals surface area contributed by atoms with Crippen LogP contribution in [0.4, 0.5) is 0 Å². The fourth-order valence-corrected chi connectivity index (χ4v) is 5.04. The Hall–Kier alpha value is -0.360. The number of carbonyl (C=O) groups excluding carboxylic acids is 2. The monoisotopic (exact) mass is 462 g/mol. The summed E-state index contributed by atoms with van der Waals surface area (Å²) in [5.41, 5.74) is -0.799. The van der Waals surface area contributed by atoms with Crippen molar-refractivity contribution in [3.63, 3.8) is 0 Å². The Morgan fingerprint density at radius 3 is 1.60 bits per heavy atom. The number of hydrogen-bond acceptors (Lipinski definition) is 6. The third-order valence-electron chi connectivity index (χ3n) is 5.47. The number of rotatable bonds is 18. The average molecular weight is 463 g/mol. The van der Waals surface area contributed by atoms with Gasteiger partial charge in [-0.3, -0.25) is 9.59 Å². The van der Waals surface area contributed by atoms with E-state index < -0.39 is 10.8 Å². The molecule has 0 aromatic carbocycles. The van der Waals surface area contributed by atoms with Gasteiger partial charge in [-0.15, -0.1) is 0 Å². The van der Waals surface area contributed by atoms with E-state index >= 15 is 0 Å². The molecular formula is C24H46O4S2. The second-order valence-corrected chi connectivity index (χ2v) is 11.1. The van der Waals surface area contributed by atoms with E-state index in [9.17, 15) is 9.59 Å². The molecule has 0 saturated heterocycles. The van der Waals surface area contributed by atoms with Crippen molar-refractivity contribution in [2.45, 2.75) is 105 Å². The minimum absolute atomic E-state index is 0.0890. The Labute approximate surface area is 195 Å². The van der Waals surface area contributed by atoms with Gasteiger partial charge in [0.2, 0.25) is 0 Å². The average Bonchev–Trinajstić information content (AvgIpc) is 2.68. The summed E-state index contributed by atoms with van der Waals surface area (Å²) in [6.07, 6.45) is 9.59. The van der Waals surface area contributed by atoms with E-state index in [1.807, 2.05) is 41.5 Å². The molecule has 0 atom stereocenters. The molecule has 0 aromatic rings. The van der Waals surface area contributed by atoms with E-state index in [1.165, 1.54) is 12.8 Å². The van der Waals surface area contributed by atoms with Gasteiger partial charge in [0, 0.05) is 5.25 Å². The molecule has 0 unspecified atom stereocenters. The summed E-state index contributed by atoms with van der Waals surface area (Å²) in [6, 6.07) is 0. The van der Waals surface area contributed by atoms with Crippen molar-refractivity contribution in [3.05, 3.63) is 0 Å². The highest BCUT2D eigenvalue weighted by Crippen LogP contribution is 2.30. The zero-order chi connectivity index (χ0) is 23.0. The van der Waals surface area contributed by atoms with Crippen molar-refractivity contribution in [2.75, 3.05) is 24.7 Å². The number of esters is 2. The minimum Gasteiger partial charge on any atom is -0.466 e. The zero-order valence-electron chi connectivity index (χ0n) is 20.3. The fourth-order valence-electron chi connectivity index (χ4n) is 3.36. The number of carbonyl (C=O) groups is 2. The van der Waals surface area contributed by atoms with Crippen LogP contribution in [0.2, 0.25) is 0 Å². The van der Waals surface area contributed by atoms with Crippen LogP contribution in [0.15, 0.2) is 0 Å². The van der Waals surface area contributed by atoms with E-state index in [0.717, 1.165) is 56.5 Å². The smallest absolute Gasteiger partial charge is 0.311 e. The van der Waals surface area contributed by atoms with Gasteiger partial charge in [0.1, 0.15) is 0 Å². The lowest BCUT2D eigenvalue weighted by Crippen LogP contribution is -2.26. The molecule has 0 saturated carbocycles. The quantitative estimate of drug-likeness (QED) is 0.139. The molecule has 0 bridgehead atoms. The first-order chi connectivity index (χ1) is 14.1. The van der Waals surface area contributed by atoms with E-state index in [4.69, 9.17) is 9.47 Å². The molecule has 0 fully saturated rings. The standard InChI is InChI=1S/C24H46O4S2/c1-7-27-21(25)23(3,4)16-11-9-14-20(30-19-13-18-29)15-10-12-17-24(5,6)22(26)28-8-2/h20,29H,7-19H2,1-6H3. The van der Waals surface area contributed by atoms with Crippen LogP contribution in [0.5, 0.6) is 0 Å². The summed E-state index contributed by atoms with van der Waals surface area (Å²) < 4.78 is 10.4. The van der Waals surface area contributed by atoms with Gasteiger partial charge in [-0.25, -0.2) is 0 Å². The van der Waals surface area contributed by atoms with Crippen LogP contribution in [-0.4, -0.2) is 41.9 Å². The highest BCUT2D eigenvalue weighted by Gasteiger charge is 2.29. The van der Waals surface area contributed by atoms with Crippen LogP contribution in [0.1, 0.15) is 99.3 Å². The molecule has 0 heterocycles. The predicted octanol–water partition coefficient (Wildman–Crippen LogP) is 6.71. The SMILES string of the molecule is CCOC(=O)C(C)(C)CCCCC(CCCCC(C)(C)C(=O)OCC)SCCCS. The van der Waals surface area contributed by atoms with Crippen LogP contribution >= 0.6 is 24.4 Å². The van der Waals surface area contributed by atoms with E-state index in [0.29, 0.717) is 18.5 Å². The van der Waals surface area contributed by atoms with Gasteiger partial charge in [0.15, 0.2) is 0 Å². The first-order valence-electron chi connectivity index (χ1n) is 11.7. The molecule has 4 nitrogen and oxygen atoms in total. The molecule has 0 aliphatic rings. The van der Waals surface area contributed by atoms with Crippen LogP contribution in [0.3, 0.4) is 0 Å². The highest BCUT2D eigenvalue weighted by molar-refractivity contribution is 7.99. The summed E-state index contributed by atoms with van der Waals surface area (Å²) in [7, 11) is 0. The largest absolute Gasteiger partial charge is 0.466 e. The van der Waals surface area contributed by atoms with Gasteiger partial charge in [-0.05, 0) is 85.2 Å². The Morgan fingerprint density at radius 1 is 0.800 bits per heavy atom. The van der Waals surface area contributed by atoms with Crippen molar-refractivity contribution < 1.29 is 19.1 Å². The molecule has 178 valence electrons. The van der Waals surface area contributed by atoms with Crippen molar-refractivity contribution in [1.29, 1.82) is 0 Å². The second kappa shape index (κ2) is 16.3. The lowest BCUT2D eigenvalue weighted by atomic mass is 9.86. The van der Waals surface area contributed by atoms with Gasteiger partial charge in [-0.1, -0.05) is 25.7 Å². The number of thioether (sulfide) groups is 1. The number of hydrogen-bond donors (Lipinski definition) is 1. The zero-order valence-corrected chi connectivity index (χ0v) is 22.0. The second-order valence-electron chi connectivity index (χ2n) is 9.27. The first-order valence-corrected chi connectivity index (χ1v) is 13.4. The molecule has 30 heavy (non-hydrogen) atoms. The van der Waals surface area contributed by atoms with Crippen molar-refractivity contribution >= 4 is 36.3 Å². The molecule has 0 aromatic heterocycles. The van der Waals surface area contributed by atoms with Gasteiger partial charge >= 0.3 is 11.9 Å². The highest BCUT2D eigenvalue weighted by atomic mass is 32.2. The van der Waals surface area contributed by atoms with E-state index in [1.54, 1.807) is 0 Å². The van der Waals surface area contributed by atoms with Crippen LogP contribution in [0, 0.1) is 10.8 Å². The van der Waals surface area contributed by atoms with Crippen molar-refractivity contribution in [1.82, 2.24) is 0 Å². The maximum absolute atomic E-state index is 12.0. The van der Waals surface area contributed by atoms with E-state index in [2.05, 4.69) is 24.4 Å². The normalized spacial score (nSPS) is 12.3. The summed E-state index contributed by atoms with van der Waals surface area (Å²) in [4.78, 5) is 24.1. The molecule has 0 amide bonds. The Morgan fingerprint density at radius 2 is 1.23 bits per heavy atom. The Bertz CT molecular complexity index is 440. The van der Waals surface area contributed by atoms with Crippen molar-refractivity contribution in [2.24, 2.45) is 10.8 Å². The molecule has 0 N–H and O–H groups in total. The fraction of sp³-hybridized carbons (Fsp3) is 0.917. The molecule has 0 aliphatic carbocycles. The lowest BCUT2D eigenvalue weighted by Gasteiger charge is -2.23. The van der Waals surface area contributed by atoms with Gasteiger partial charge in [0.25, 0.3) is 0 Å². The summed E-state index contributed by atoms with van der Waals surface area (Å²) in [5, 5.41) is 0.640. The third-order valence-corrected chi connectivity index (χ3v) is 7.25. The molecule has 0 spiro atoms. The number of ether oxygens (including phenoxy) is 2.